The van der Waals surface area contributed by atoms with Gasteiger partial charge in [0.15, 0.2) is 0 Å². The van der Waals surface area contributed by atoms with E-state index in [0.717, 1.165) is 0 Å². The second kappa shape index (κ2) is 7.94. The Hall–Kier alpha value is -2.97. The summed E-state index contributed by atoms with van der Waals surface area (Å²) in [6.45, 7) is 0. The summed E-state index contributed by atoms with van der Waals surface area (Å²) in [6, 6.07) is 42.9. The maximum absolute atomic E-state index is 2.47. The van der Waals surface area contributed by atoms with Gasteiger partial charge in [-0.3, -0.25) is 4.31 Å². The van der Waals surface area contributed by atoms with Crippen molar-refractivity contribution in [3.8, 4) is 0 Å². The number of para-hydroxylation sites is 2. The molecule has 4 aromatic carbocycles. The van der Waals surface area contributed by atoms with E-state index in [4.69, 9.17) is 0 Å². The number of rotatable bonds is 5. The molecule has 0 aliphatic heterocycles. The van der Waals surface area contributed by atoms with Crippen LogP contribution in [0.15, 0.2) is 131 Å². The largest absolute Gasteiger partial charge is 0.298 e. The highest BCUT2D eigenvalue weighted by Crippen LogP contribution is 2.53. The zero-order valence-corrected chi connectivity index (χ0v) is 15.3. The van der Waals surface area contributed by atoms with Gasteiger partial charge in [0.25, 0.3) is 0 Å². The van der Waals surface area contributed by atoms with Crippen molar-refractivity contribution in [1.82, 2.24) is 0 Å². The molecule has 4 aromatic rings. The molecule has 0 saturated heterocycles. The van der Waals surface area contributed by atoms with Crippen LogP contribution in [0, 0.1) is 0 Å². The maximum Gasteiger partial charge on any atom is 0.0512 e. The second-order valence-corrected chi connectivity index (χ2v) is 8.02. The van der Waals surface area contributed by atoms with Crippen LogP contribution < -0.4 is 4.31 Å². The van der Waals surface area contributed by atoms with Crippen molar-refractivity contribution in [3.05, 3.63) is 121 Å². The second-order valence-electron chi connectivity index (χ2n) is 5.97. The standard InChI is InChI=1S/C24H21NS/c1-5-13-21(14-6-1)25(22-15-7-2-8-16-22)26(23-17-9-3-10-18-23)24-19-11-4-12-20-24/h1-20,26H. The van der Waals surface area contributed by atoms with Crippen LogP contribution in [0.2, 0.25) is 0 Å². The third kappa shape index (κ3) is 3.51. The number of hydrogen-bond acceptors (Lipinski definition) is 1. The van der Waals surface area contributed by atoms with E-state index in [1.165, 1.54) is 21.2 Å². The summed E-state index contributed by atoms with van der Waals surface area (Å²) in [4.78, 5) is 2.67. The molecule has 0 fully saturated rings. The molecule has 0 aliphatic rings. The molecule has 26 heavy (non-hydrogen) atoms. The predicted molar refractivity (Wildman–Crippen MR) is 113 cm³/mol. The van der Waals surface area contributed by atoms with Gasteiger partial charge < -0.3 is 0 Å². The number of hydrogen-bond donors (Lipinski definition) is 1. The van der Waals surface area contributed by atoms with Gasteiger partial charge in [0, 0.05) is 9.79 Å². The van der Waals surface area contributed by atoms with Crippen molar-refractivity contribution in [1.29, 1.82) is 0 Å². The van der Waals surface area contributed by atoms with Crippen LogP contribution in [0.5, 0.6) is 0 Å². The van der Waals surface area contributed by atoms with E-state index < -0.39 is 11.1 Å². The van der Waals surface area contributed by atoms with Gasteiger partial charge in [0.1, 0.15) is 0 Å². The summed E-state index contributed by atoms with van der Waals surface area (Å²) >= 11 is -0.734. The lowest BCUT2D eigenvalue weighted by atomic mass is 10.3. The summed E-state index contributed by atoms with van der Waals surface area (Å²) in [5.41, 5.74) is 2.41. The van der Waals surface area contributed by atoms with E-state index in [1.54, 1.807) is 0 Å². The van der Waals surface area contributed by atoms with Crippen LogP contribution in [0.3, 0.4) is 0 Å². The monoisotopic (exact) mass is 355 g/mol. The number of thiol groups is 1. The van der Waals surface area contributed by atoms with E-state index in [-0.39, 0.29) is 0 Å². The van der Waals surface area contributed by atoms with Crippen LogP contribution in [-0.4, -0.2) is 0 Å². The van der Waals surface area contributed by atoms with Gasteiger partial charge in [-0.05, 0) is 48.5 Å². The lowest BCUT2D eigenvalue weighted by Gasteiger charge is -2.37. The van der Waals surface area contributed by atoms with Crippen molar-refractivity contribution in [2.45, 2.75) is 9.79 Å². The van der Waals surface area contributed by atoms with Gasteiger partial charge in [-0.2, -0.15) is 0 Å². The Kier molecular flexibility index (Phi) is 5.04. The fourth-order valence-electron chi connectivity index (χ4n) is 3.04. The number of nitrogens with zero attached hydrogens (tertiary/aromatic N) is 1. The molecule has 0 amide bonds. The van der Waals surface area contributed by atoms with Crippen molar-refractivity contribution in [2.24, 2.45) is 0 Å². The minimum absolute atomic E-state index is 0.734. The van der Waals surface area contributed by atoms with Gasteiger partial charge in [-0.1, -0.05) is 72.8 Å². The summed E-state index contributed by atoms with van der Waals surface area (Å²) < 4.78 is 2.47. The Morgan fingerprint density at radius 3 is 1.04 bits per heavy atom. The summed E-state index contributed by atoms with van der Waals surface area (Å²) in [5, 5.41) is 0. The molecular formula is C24H21NS. The lowest BCUT2D eigenvalue weighted by Crippen LogP contribution is -2.14. The Bertz CT molecular complexity index is 765. The van der Waals surface area contributed by atoms with Crippen LogP contribution in [0.25, 0.3) is 0 Å². The molecule has 0 aliphatic carbocycles. The first kappa shape index (κ1) is 16.5. The highest BCUT2D eigenvalue weighted by Gasteiger charge is 2.20. The van der Waals surface area contributed by atoms with Crippen LogP contribution in [0.1, 0.15) is 0 Å². The molecule has 0 aromatic heterocycles. The molecule has 0 saturated carbocycles. The topological polar surface area (TPSA) is 3.24 Å². The molecule has 128 valence electrons. The normalized spacial score (nSPS) is 11.0. The van der Waals surface area contributed by atoms with Gasteiger partial charge in [0.05, 0.1) is 11.4 Å². The van der Waals surface area contributed by atoms with Crippen molar-refractivity contribution < 1.29 is 0 Å². The third-order valence-corrected chi connectivity index (χ3v) is 6.64. The fraction of sp³-hybridized carbons (Fsp3) is 0. The van der Waals surface area contributed by atoms with Crippen molar-refractivity contribution in [2.75, 3.05) is 4.31 Å². The molecular weight excluding hydrogens is 334 g/mol. The van der Waals surface area contributed by atoms with E-state index >= 15 is 0 Å². The highest BCUT2D eigenvalue weighted by atomic mass is 32.2. The molecule has 1 nitrogen and oxygen atoms in total. The Morgan fingerprint density at radius 2 is 0.692 bits per heavy atom. The smallest absolute Gasteiger partial charge is 0.0512 e. The summed E-state index contributed by atoms with van der Waals surface area (Å²) in [6.07, 6.45) is 0. The average Bonchev–Trinajstić information content (AvgIpc) is 2.74. The van der Waals surface area contributed by atoms with E-state index in [9.17, 15) is 0 Å². The van der Waals surface area contributed by atoms with Gasteiger partial charge >= 0.3 is 0 Å². The molecule has 2 heteroatoms. The highest BCUT2D eigenvalue weighted by molar-refractivity contribution is 8.18. The minimum Gasteiger partial charge on any atom is -0.298 e. The van der Waals surface area contributed by atoms with Gasteiger partial charge in [-0.15, -0.1) is 11.1 Å². The quantitative estimate of drug-likeness (QED) is 0.383. The minimum atomic E-state index is -0.734. The predicted octanol–water partition coefficient (Wildman–Crippen LogP) is 6.86. The van der Waals surface area contributed by atoms with Crippen molar-refractivity contribution >= 4 is 22.5 Å². The summed E-state index contributed by atoms with van der Waals surface area (Å²) in [5.74, 6) is 0. The van der Waals surface area contributed by atoms with Crippen LogP contribution in [0.4, 0.5) is 11.4 Å². The molecule has 0 radical (unpaired) electrons. The fourth-order valence-corrected chi connectivity index (χ4v) is 5.43. The number of anilines is 2. The first-order valence-corrected chi connectivity index (χ1v) is 10.0. The molecule has 4 rings (SSSR count). The zero-order valence-electron chi connectivity index (χ0n) is 14.4. The molecule has 0 heterocycles. The first-order valence-electron chi connectivity index (χ1n) is 8.74. The van der Waals surface area contributed by atoms with Crippen LogP contribution >= 0.6 is 11.1 Å². The molecule has 0 unspecified atom stereocenters. The Balaban J connectivity index is 1.93. The SMILES string of the molecule is c1ccc(N(c2ccccc2)[SH](c2ccccc2)c2ccccc2)cc1. The maximum atomic E-state index is 2.47. The van der Waals surface area contributed by atoms with Crippen molar-refractivity contribution in [3.63, 3.8) is 0 Å². The molecule has 0 spiro atoms. The third-order valence-electron chi connectivity index (χ3n) is 4.20. The van der Waals surface area contributed by atoms with Gasteiger partial charge in [0.2, 0.25) is 0 Å². The Labute approximate surface area is 158 Å². The zero-order chi connectivity index (χ0) is 17.6. The average molecular weight is 356 g/mol. The van der Waals surface area contributed by atoms with E-state index in [0.29, 0.717) is 0 Å². The first-order chi connectivity index (χ1) is 12.9. The summed E-state index contributed by atoms with van der Waals surface area (Å²) in [7, 11) is 0. The van der Waals surface area contributed by atoms with E-state index in [2.05, 4.69) is 126 Å². The lowest BCUT2D eigenvalue weighted by molar-refractivity contribution is 1.32. The molecule has 0 atom stereocenters. The van der Waals surface area contributed by atoms with Gasteiger partial charge in [-0.25, -0.2) is 0 Å². The number of benzene rings is 4. The Morgan fingerprint density at radius 1 is 0.385 bits per heavy atom. The van der Waals surface area contributed by atoms with E-state index in [1.807, 2.05) is 0 Å². The van der Waals surface area contributed by atoms with Crippen LogP contribution in [-0.2, 0) is 0 Å². The molecule has 0 bridgehead atoms. The molecule has 0 N–H and O–H groups in total.